The molecule has 4 rings (SSSR count). The van der Waals surface area contributed by atoms with Crippen LogP contribution in [0.2, 0.25) is 0 Å². The van der Waals surface area contributed by atoms with Gasteiger partial charge in [0.2, 0.25) is 0 Å². The maximum absolute atomic E-state index is 3.95. The molecule has 0 amide bonds. The summed E-state index contributed by atoms with van der Waals surface area (Å²) in [5.74, 6) is 0. The number of hydrogen-bond acceptors (Lipinski definition) is 1. The fraction of sp³-hybridized carbons (Fsp3) is 0.0435. The molecule has 0 N–H and O–H groups in total. The predicted octanol–water partition coefficient (Wildman–Crippen LogP) is 6.32. The Balaban J connectivity index is 2.04. The van der Waals surface area contributed by atoms with Crippen LogP contribution in [0, 0.1) is 0 Å². The number of para-hydroxylation sites is 1. The Morgan fingerprint density at radius 1 is 0.708 bits per heavy atom. The molecule has 0 atom stereocenters. The molecule has 0 unspecified atom stereocenters. The molecule has 1 nitrogen and oxygen atoms in total. The molecular formula is C23H19N. The number of anilines is 2. The molecule has 0 saturated carbocycles. The smallest absolute Gasteiger partial charge is 0.0499 e. The molecule has 4 aromatic rings. The summed E-state index contributed by atoms with van der Waals surface area (Å²) in [6, 6.07) is 30.0. The largest absolute Gasteiger partial charge is 0.337 e. The van der Waals surface area contributed by atoms with Crippen LogP contribution < -0.4 is 4.90 Å². The molecule has 1 heteroatoms. The first-order valence-corrected chi connectivity index (χ1v) is 8.22. The first-order chi connectivity index (χ1) is 11.9. The van der Waals surface area contributed by atoms with Gasteiger partial charge in [0.15, 0.2) is 0 Å². The molecule has 0 aliphatic carbocycles. The monoisotopic (exact) mass is 309 g/mol. The first-order valence-electron chi connectivity index (χ1n) is 8.22. The van der Waals surface area contributed by atoms with Crippen molar-refractivity contribution >= 4 is 32.9 Å². The van der Waals surface area contributed by atoms with E-state index in [1.807, 2.05) is 12.1 Å². The summed E-state index contributed by atoms with van der Waals surface area (Å²) < 4.78 is 0. The van der Waals surface area contributed by atoms with Gasteiger partial charge in [-0.05, 0) is 34.4 Å². The lowest BCUT2D eigenvalue weighted by Gasteiger charge is -2.26. The van der Waals surface area contributed by atoms with E-state index in [-0.39, 0.29) is 0 Å². The second kappa shape index (κ2) is 6.21. The highest BCUT2D eigenvalue weighted by atomic mass is 15.1. The Morgan fingerprint density at radius 2 is 1.33 bits per heavy atom. The topological polar surface area (TPSA) is 3.24 Å². The van der Waals surface area contributed by atoms with Crippen molar-refractivity contribution in [3.8, 4) is 0 Å². The van der Waals surface area contributed by atoms with Gasteiger partial charge in [0.1, 0.15) is 0 Å². The minimum absolute atomic E-state index is 0.770. The van der Waals surface area contributed by atoms with Crippen LogP contribution in [0.3, 0.4) is 0 Å². The number of hydrogen-bond donors (Lipinski definition) is 0. The van der Waals surface area contributed by atoms with Crippen LogP contribution >= 0.6 is 0 Å². The maximum atomic E-state index is 3.95. The van der Waals surface area contributed by atoms with Gasteiger partial charge in [-0.15, -0.1) is 6.58 Å². The van der Waals surface area contributed by atoms with E-state index in [9.17, 15) is 0 Å². The molecule has 0 bridgehead atoms. The highest BCUT2D eigenvalue weighted by molar-refractivity contribution is 6.13. The van der Waals surface area contributed by atoms with Gasteiger partial charge in [0, 0.05) is 23.3 Å². The third kappa shape index (κ3) is 2.44. The molecule has 0 aliphatic heterocycles. The van der Waals surface area contributed by atoms with E-state index >= 15 is 0 Å². The fourth-order valence-corrected chi connectivity index (χ4v) is 3.34. The molecule has 116 valence electrons. The molecule has 0 heterocycles. The fourth-order valence-electron chi connectivity index (χ4n) is 3.34. The standard InChI is InChI=1S/C23H19N/c1-2-16-24(19-11-4-3-5-12-19)23-17-18-10-6-7-13-20(18)21-14-8-9-15-22(21)23/h2-15,17H,1,16H2. The Bertz CT molecular complexity index is 1000. The van der Waals surface area contributed by atoms with E-state index in [4.69, 9.17) is 0 Å². The number of nitrogens with zero attached hydrogens (tertiary/aromatic N) is 1. The maximum Gasteiger partial charge on any atom is 0.0499 e. The van der Waals surface area contributed by atoms with E-state index in [0.29, 0.717) is 0 Å². The summed E-state index contributed by atoms with van der Waals surface area (Å²) in [5.41, 5.74) is 2.40. The van der Waals surface area contributed by atoms with Gasteiger partial charge in [-0.3, -0.25) is 0 Å². The molecule has 4 aromatic carbocycles. The summed E-state index contributed by atoms with van der Waals surface area (Å²) in [7, 11) is 0. The van der Waals surface area contributed by atoms with E-state index in [2.05, 4.69) is 90.3 Å². The molecule has 0 aromatic heterocycles. The molecule has 0 spiro atoms. The quantitative estimate of drug-likeness (QED) is 0.315. The van der Waals surface area contributed by atoms with Crippen molar-refractivity contribution < 1.29 is 0 Å². The van der Waals surface area contributed by atoms with Crippen molar-refractivity contribution in [2.75, 3.05) is 11.4 Å². The van der Waals surface area contributed by atoms with Crippen LogP contribution in [0.15, 0.2) is 97.6 Å². The average Bonchev–Trinajstić information content (AvgIpc) is 2.66. The summed E-state index contributed by atoms with van der Waals surface area (Å²) in [5, 5.41) is 5.11. The van der Waals surface area contributed by atoms with Crippen molar-refractivity contribution in [2.24, 2.45) is 0 Å². The second-order valence-electron chi connectivity index (χ2n) is 5.90. The van der Waals surface area contributed by atoms with Crippen LogP contribution in [0.25, 0.3) is 21.5 Å². The van der Waals surface area contributed by atoms with Gasteiger partial charge in [-0.2, -0.15) is 0 Å². The molecule has 0 fully saturated rings. The molecule has 24 heavy (non-hydrogen) atoms. The lowest BCUT2D eigenvalue weighted by atomic mass is 9.99. The summed E-state index contributed by atoms with van der Waals surface area (Å²) in [6.45, 7) is 4.72. The molecule has 0 aliphatic rings. The third-order valence-corrected chi connectivity index (χ3v) is 4.42. The lowest BCUT2D eigenvalue weighted by Crippen LogP contribution is -2.17. The zero-order chi connectivity index (χ0) is 16.4. The van der Waals surface area contributed by atoms with E-state index in [1.165, 1.54) is 32.9 Å². The Hall–Kier alpha value is -3.06. The number of benzene rings is 4. The van der Waals surface area contributed by atoms with E-state index < -0.39 is 0 Å². The van der Waals surface area contributed by atoms with Crippen LogP contribution in [-0.2, 0) is 0 Å². The van der Waals surface area contributed by atoms with Gasteiger partial charge < -0.3 is 4.90 Å². The normalized spacial score (nSPS) is 10.8. The van der Waals surface area contributed by atoms with E-state index in [1.54, 1.807) is 0 Å². The highest BCUT2D eigenvalue weighted by Gasteiger charge is 2.13. The van der Waals surface area contributed by atoms with Crippen molar-refractivity contribution in [1.82, 2.24) is 0 Å². The summed E-state index contributed by atoms with van der Waals surface area (Å²) in [4.78, 5) is 2.32. The summed E-state index contributed by atoms with van der Waals surface area (Å²) >= 11 is 0. The Labute approximate surface area is 142 Å². The van der Waals surface area contributed by atoms with Crippen LogP contribution in [-0.4, -0.2) is 6.54 Å². The SMILES string of the molecule is C=CCN(c1ccccc1)c1cc2ccccc2c2ccccc12. The summed E-state index contributed by atoms with van der Waals surface area (Å²) in [6.07, 6.45) is 1.96. The van der Waals surface area contributed by atoms with Gasteiger partial charge >= 0.3 is 0 Å². The molecule has 0 saturated heterocycles. The van der Waals surface area contributed by atoms with Gasteiger partial charge in [-0.25, -0.2) is 0 Å². The number of fused-ring (bicyclic) bond motifs is 3. The zero-order valence-corrected chi connectivity index (χ0v) is 13.5. The highest BCUT2D eigenvalue weighted by Crippen LogP contribution is 2.37. The Kier molecular flexibility index (Phi) is 3.76. The van der Waals surface area contributed by atoms with Crippen molar-refractivity contribution in [2.45, 2.75) is 0 Å². The third-order valence-electron chi connectivity index (χ3n) is 4.42. The minimum atomic E-state index is 0.770. The second-order valence-corrected chi connectivity index (χ2v) is 5.90. The van der Waals surface area contributed by atoms with Gasteiger partial charge in [0.05, 0.1) is 0 Å². The zero-order valence-electron chi connectivity index (χ0n) is 13.5. The van der Waals surface area contributed by atoms with Crippen LogP contribution in [0.5, 0.6) is 0 Å². The molecular weight excluding hydrogens is 290 g/mol. The van der Waals surface area contributed by atoms with E-state index in [0.717, 1.165) is 6.54 Å². The Morgan fingerprint density at radius 3 is 2.08 bits per heavy atom. The van der Waals surface area contributed by atoms with Crippen molar-refractivity contribution in [3.63, 3.8) is 0 Å². The molecule has 0 radical (unpaired) electrons. The number of rotatable bonds is 4. The van der Waals surface area contributed by atoms with Crippen molar-refractivity contribution in [3.05, 3.63) is 97.6 Å². The average molecular weight is 309 g/mol. The first kappa shape index (κ1) is 14.5. The lowest BCUT2D eigenvalue weighted by molar-refractivity contribution is 1.11. The van der Waals surface area contributed by atoms with Crippen LogP contribution in [0.1, 0.15) is 0 Å². The van der Waals surface area contributed by atoms with Gasteiger partial charge in [-0.1, -0.05) is 72.8 Å². The van der Waals surface area contributed by atoms with Gasteiger partial charge in [0.25, 0.3) is 0 Å². The minimum Gasteiger partial charge on any atom is -0.337 e. The van der Waals surface area contributed by atoms with Crippen LogP contribution in [0.4, 0.5) is 11.4 Å². The van der Waals surface area contributed by atoms with Crippen molar-refractivity contribution in [1.29, 1.82) is 0 Å². The predicted molar refractivity (Wildman–Crippen MR) is 105 cm³/mol.